The van der Waals surface area contributed by atoms with Gasteiger partial charge in [0.1, 0.15) is 0 Å². The van der Waals surface area contributed by atoms with Crippen LogP contribution in [-0.2, 0) is 0 Å². The van der Waals surface area contributed by atoms with Crippen LogP contribution in [0.15, 0.2) is 53.0 Å². The van der Waals surface area contributed by atoms with E-state index in [0.717, 1.165) is 10.0 Å². The van der Waals surface area contributed by atoms with E-state index >= 15 is 0 Å². The fourth-order valence-electron chi connectivity index (χ4n) is 2.23. The van der Waals surface area contributed by atoms with Crippen LogP contribution < -0.4 is 5.32 Å². The molecule has 2 aromatic carbocycles. The molecule has 0 heterocycles. The fourth-order valence-corrected chi connectivity index (χ4v) is 2.79. The molecule has 5 heteroatoms. The number of carbonyl (C=O) groups is 1. The van der Waals surface area contributed by atoms with Crippen LogP contribution in [0.5, 0.6) is 0 Å². The lowest BCUT2D eigenvalue weighted by molar-refractivity contribution is 0.0942. The maximum atomic E-state index is 12.3. The van der Waals surface area contributed by atoms with Gasteiger partial charge in [-0.3, -0.25) is 4.79 Å². The Labute approximate surface area is 144 Å². The number of hydrogen-bond donors (Lipinski definition) is 1. The van der Waals surface area contributed by atoms with Crippen LogP contribution in [-0.4, -0.2) is 31.4 Å². The lowest BCUT2D eigenvalue weighted by atomic mass is 10.1. The van der Waals surface area contributed by atoms with Gasteiger partial charge in [0, 0.05) is 11.0 Å². The minimum absolute atomic E-state index is 0.107. The number of nitrogens with one attached hydrogen (secondary N) is 1. The summed E-state index contributed by atoms with van der Waals surface area (Å²) in [5, 5.41) is 3.41. The quantitative estimate of drug-likeness (QED) is 0.844. The number of halogens is 2. The predicted octanol–water partition coefficient (Wildman–Crippen LogP) is 4.14. The summed E-state index contributed by atoms with van der Waals surface area (Å²) in [6.07, 6.45) is 0. The second-order valence-corrected chi connectivity index (χ2v) is 6.55. The largest absolute Gasteiger partial charge is 0.350 e. The van der Waals surface area contributed by atoms with Gasteiger partial charge in [0.2, 0.25) is 0 Å². The molecule has 0 aliphatic rings. The molecule has 22 heavy (non-hydrogen) atoms. The maximum Gasteiger partial charge on any atom is 0.252 e. The van der Waals surface area contributed by atoms with E-state index in [1.165, 1.54) is 0 Å². The Morgan fingerprint density at radius 2 is 1.91 bits per heavy atom. The average molecular weight is 382 g/mol. The highest BCUT2D eigenvalue weighted by molar-refractivity contribution is 9.10. The first kappa shape index (κ1) is 17.0. The van der Waals surface area contributed by atoms with Crippen molar-refractivity contribution >= 4 is 33.4 Å². The highest BCUT2D eigenvalue weighted by Crippen LogP contribution is 2.22. The van der Waals surface area contributed by atoms with Gasteiger partial charge in [-0.25, -0.2) is 0 Å². The van der Waals surface area contributed by atoms with Crippen LogP contribution in [0, 0.1) is 0 Å². The summed E-state index contributed by atoms with van der Waals surface area (Å²) in [6.45, 7) is 0.513. The molecular weight excluding hydrogens is 364 g/mol. The molecule has 0 fully saturated rings. The van der Waals surface area contributed by atoms with E-state index in [2.05, 4.69) is 38.3 Å². The van der Waals surface area contributed by atoms with E-state index in [1.54, 1.807) is 12.1 Å². The molecular formula is C17H18BrClN2O. The molecule has 1 atom stereocenters. The lowest BCUT2D eigenvalue weighted by Crippen LogP contribution is -2.34. The topological polar surface area (TPSA) is 32.3 Å². The van der Waals surface area contributed by atoms with Gasteiger partial charge in [-0.05, 0) is 37.9 Å². The number of amides is 1. The summed E-state index contributed by atoms with van der Waals surface area (Å²) in [5.41, 5.74) is 1.63. The van der Waals surface area contributed by atoms with Crippen molar-refractivity contribution in [2.75, 3.05) is 20.6 Å². The van der Waals surface area contributed by atoms with Crippen molar-refractivity contribution in [3.05, 3.63) is 69.2 Å². The molecule has 0 bridgehead atoms. The molecule has 1 unspecified atom stereocenters. The molecule has 2 rings (SSSR count). The monoisotopic (exact) mass is 380 g/mol. The number of rotatable bonds is 5. The molecule has 116 valence electrons. The van der Waals surface area contributed by atoms with Gasteiger partial charge in [-0.2, -0.15) is 0 Å². The third-order valence-corrected chi connectivity index (χ3v) is 4.26. The Kier molecular flexibility index (Phi) is 6.00. The van der Waals surface area contributed by atoms with Gasteiger partial charge in [0.15, 0.2) is 0 Å². The zero-order valence-electron chi connectivity index (χ0n) is 12.5. The molecule has 0 aliphatic heterocycles. The number of nitrogens with zero attached hydrogens (tertiary/aromatic N) is 1. The van der Waals surface area contributed by atoms with Gasteiger partial charge in [-0.15, -0.1) is 0 Å². The summed E-state index contributed by atoms with van der Waals surface area (Å²) >= 11 is 9.45. The summed E-state index contributed by atoms with van der Waals surface area (Å²) in [4.78, 5) is 14.4. The van der Waals surface area contributed by atoms with Gasteiger partial charge in [-0.1, -0.05) is 57.9 Å². The highest BCUT2D eigenvalue weighted by Gasteiger charge is 2.17. The van der Waals surface area contributed by atoms with E-state index in [0.29, 0.717) is 17.1 Å². The Morgan fingerprint density at radius 1 is 1.23 bits per heavy atom. The van der Waals surface area contributed by atoms with Crippen LogP contribution >= 0.6 is 27.5 Å². The van der Waals surface area contributed by atoms with Crippen LogP contribution in [0.3, 0.4) is 0 Å². The Morgan fingerprint density at radius 3 is 2.55 bits per heavy atom. The minimum Gasteiger partial charge on any atom is -0.350 e. The van der Waals surface area contributed by atoms with Gasteiger partial charge in [0.25, 0.3) is 5.91 Å². The third kappa shape index (κ3) is 4.32. The molecule has 1 amide bonds. The molecule has 2 aromatic rings. The van der Waals surface area contributed by atoms with E-state index in [9.17, 15) is 4.79 Å². The lowest BCUT2D eigenvalue weighted by Gasteiger charge is -2.25. The van der Waals surface area contributed by atoms with E-state index < -0.39 is 0 Å². The molecule has 0 aromatic heterocycles. The normalized spacial score (nSPS) is 12.2. The smallest absolute Gasteiger partial charge is 0.252 e. The number of likely N-dealkylation sites (N-methyl/N-ethyl adjacent to an activating group) is 1. The first-order valence-corrected chi connectivity index (χ1v) is 8.10. The van der Waals surface area contributed by atoms with E-state index in [-0.39, 0.29) is 11.9 Å². The predicted molar refractivity (Wildman–Crippen MR) is 94.4 cm³/mol. The first-order chi connectivity index (χ1) is 10.5. The van der Waals surface area contributed by atoms with E-state index in [1.807, 2.05) is 38.4 Å². The third-order valence-electron chi connectivity index (χ3n) is 3.44. The van der Waals surface area contributed by atoms with Crippen molar-refractivity contribution in [2.45, 2.75) is 6.04 Å². The van der Waals surface area contributed by atoms with Crippen molar-refractivity contribution in [3.63, 3.8) is 0 Å². The van der Waals surface area contributed by atoms with Crippen molar-refractivity contribution in [1.29, 1.82) is 0 Å². The second kappa shape index (κ2) is 7.77. The van der Waals surface area contributed by atoms with Crippen molar-refractivity contribution in [1.82, 2.24) is 10.2 Å². The van der Waals surface area contributed by atoms with Gasteiger partial charge in [0.05, 0.1) is 16.6 Å². The Balaban J connectivity index is 2.10. The van der Waals surface area contributed by atoms with Crippen LogP contribution in [0.1, 0.15) is 22.0 Å². The minimum atomic E-state index is -0.172. The zero-order chi connectivity index (χ0) is 16.1. The highest BCUT2D eigenvalue weighted by atomic mass is 79.9. The van der Waals surface area contributed by atoms with Crippen molar-refractivity contribution < 1.29 is 4.79 Å². The number of hydrogen-bond acceptors (Lipinski definition) is 2. The summed E-state index contributed by atoms with van der Waals surface area (Å²) in [7, 11) is 3.99. The van der Waals surface area contributed by atoms with Gasteiger partial charge >= 0.3 is 0 Å². The summed E-state index contributed by atoms with van der Waals surface area (Å²) in [6, 6.07) is 15.5. The standard InChI is InChI=1S/C17H18BrClN2O/c1-21(2)16(12-6-4-3-5-7-12)11-20-17(22)14-10-13(18)8-9-15(14)19/h3-10,16H,11H2,1-2H3,(H,20,22). The zero-order valence-corrected chi connectivity index (χ0v) is 14.9. The fraction of sp³-hybridized carbons (Fsp3) is 0.235. The first-order valence-electron chi connectivity index (χ1n) is 6.93. The summed E-state index contributed by atoms with van der Waals surface area (Å²) in [5.74, 6) is -0.172. The maximum absolute atomic E-state index is 12.3. The van der Waals surface area contributed by atoms with Crippen LogP contribution in [0.25, 0.3) is 0 Å². The Bertz CT molecular complexity index is 646. The van der Waals surface area contributed by atoms with Crippen LogP contribution in [0.4, 0.5) is 0 Å². The molecule has 0 saturated carbocycles. The Hall–Kier alpha value is -1.36. The van der Waals surface area contributed by atoms with Crippen molar-refractivity contribution in [2.24, 2.45) is 0 Å². The van der Waals surface area contributed by atoms with Crippen molar-refractivity contribution in [3.8, 4) is 0 Å². The van der Waals surface area contributed by atoms with E-state index in [4.69, 9.17) is 11.6 Å². The second-order valence-electron chi connectivity index (χ2n) is 5.22. The molecule has 0 radical (unpaired) electrons. The molecule has 0 aliphatic carbocycles. The molecule has 3 nitrogen and oxygen atoms in total. The molecule has 0 spiro atoms. The summed E-state index contributed by atoms with van der Waals surface area (Å²) < 4.78 is 0.828. The van der Waals surface area contributed by atoms with Gasteiger partial charge < -0.3 is 10.2 Å². The number of carbonyl (C=O) groups excluding carboxylic acids is 1. The SMILES string of the molecule is CN(C)C(CNC(=O)c1cc(Br)ccc1Cl)c1ccccc1. The number of benzene rings is 2. The molecule has 0 saturated heterocycles. The average Bonchev–Trinajstić information content (AvgIpc) is 2.50. The van der Waals surface area contributed by atoms with Crippen LogP contribution in [0.2, 0.25) is 5.02 Å². The molecule has 1 N–H and O–H groups in total.